The first-order valence-corrected chi connectivity index (χ1v) is 8.17. The lowest BCUT2D eigenvalue weighted by molar-refractivity contribution is -0.137. The van der Waals surface area contributed by atoms with Crippen molar-refractivity contribution in [3.63, 3.8) is 0 Å². The zero-order valence-corrected chi connectivity index (χ0v) is 11.2. The summed E-state index contributed by atoms with van der Waals surface area (Å²) in [7, 11) is -9.13. The van der Waals surface area contributed by atoms with Crippen LogP contribution >= 0.6 is 15.2 Å². The molecule has 0 heterocycles. The van der Waals surface area contributed by atoms with E-state index in [2.05, 4.69) is 0 Å². The minimum Gasteiger partial charge on any atom is -0.481 e. The molecular formula is C7H13NO9P2. The number of aliphatic carboxylic acids is 1. The molecule has 0 aromatic rings. The van der Waals surface area contributed by atoms with E-state index in [4.69, 9.17) is 24.7 Å². The van der Waals surface area contributed by atoms with Crippen molar-refractivity contribution in [1.82, 2.24) is 5.32 Å². The Balaban J connectivity index is 4.74. The van der Waals surface area contributed by atoms with Crippen molar-refractivity contribution in [2.24, 2.45) is 0 Å². The van der Waals surface area contributed by atoms with Gasteiger partial charge in [-0.3, -0.25) is 18.7 Å². The third-order valence-corrected chi connectivity index (χ3v) is 2.86. The molecule has 0 saturated heterocycles. The van der Waals surface area contributed by atoms with E-state index in [0.717, 1.165) is 6.08 Å². The number of hydrogen-bond acceptors (Lipinski definition) is 4. The first-order valence-electron chi connectivity index (χ1n) is 4.69. The van der Waals surface area contributed by atoms with Gasteiger partial charge in [0.1, 0.15) is 6.16 Å². The highest BCUT2D eigenvalue weighted by atomic mass is 31.2. The Morgan fingerprint density at radius 3 is 2.05 bits per heavy atom. The average molecular weight is 317 g/mol. The summed E-state index contributed by atoms with van der Waals surface area (Å²) in [6.07, 6.45) is -1.08. The van der Waals surface area contributed by atoms with Gasteiger partial charge >= 0.3 is 21.2 Å². The molecular weight excluding hydrogens is 304 g/mol. The van der Waals surface area contributed by atoms with E-state index < -0.39 is 45.7 Å². The molecule has 110 valence electrons. The number of carbonyl (C=O) groups excluding carboxylic acids is 1. The highest BCUT2D eigenvalue weighted by molar-refractivity contribution is 7.55. The number of rotatable bonds is 7. The van der Waals surface area contributed by atoms with Crippen molar-refractivity contribution >= 4 is 27.1 Å². The van der Waals surface area contributed by atoms with E-state index in [0.29, 0.717) is 5.82 Å². The smallest absolute Gasteiger partial charge is 0.348 e. The number of carbonyl (C=O) groups is 2. The molecule has 0 aromatic carbocycles. The van der Waals surface area contributed by atoms with Crippen LogP contribution < -0.4 is 5.32 Å². The zero-order chi connectivity index (χ0) is 15.3. The molecule has 0 radical (unpaired) electrons. The second-order valence-corrected chi connectivity index (χ2v) is 6.65. The van der Waals surface area contributed by atoms with Crippen LogP contribution in [-0.4, -0.2) is 48.8 Å². The van der Waals surface area contributed by atoms with E-state index in [9.17, 15) is 18.7 Å². The Morgan fingerprint density at radius 2 is 1.68 bits per heavy atom. The third-order valence-electron chi connectivity index (χ3n) is 1.60. The largest absolute Gasteiger partial charge is 0.481 e. The molecule has 0 aliphatic heterocycles. The Hall–Kier alpha value is -1.02. The summed E-state index contributed by atoms with van der Waals surface area (Å²) in [6, 6.07) is -1.29. The minimum absolute atomic E-state index is 0.401. The van der Waals surface area contributed by atoms with E-state index in [1.165, 1.54) is 0 Å². The van der Waals surface area contributed by atoms with E-state index in [1.807, 2.05) is 5.32 Å². The lowest BCUT2D eigenvalue weighted by Gasteiger charge is -2.13. The maximum absolute atomic E-state index is 11.2. The molecule has 10 nitrogen and oxygen atoms in total. The standard InChI is InChI=1S/C7H13NO9P2/c9-6(4-19(15,16)17)8-5(3-7(10)11)1-2-18(12,13)14/h1-2,5H,3-4H2,(H,8,9)(H,10,11)(H2,12,13,14)(H2,15,16,17)/b2-1+/t5-/m1/s1. The molecule has 0 bridgehead atoms. The van der Waals surface area contributed by atoms with Crippen molar-refractivity contribution in [2.45, 2.75) is 12.5 Å². The van der Waals surface area contributed by atoms with Gasteiger partial charge in [0.25, 0.3) is 0 Å². The van der Waals surface area contributed by atoms with Gasteiger partial charge in [-0.25, -0.2) is 0 Å². The maximum atomic E-state index is 11.2. The summed E-state index contributed by atoms with van der Waals surface area (Å²) in [6.45, 7) is 0. The van der Waals surface area contributed by atoms with E-state index >= 15 is 0 Å². The van der Waals surface area contributed by atoms with Gasteiger partial charge in [-0.1, -0.05) is 6.08 Å². The van der Waals surface area contributed by atoms with Gasteiger partial charge in [-0.05, 0) is 0 Å². The molecule has 0 aliphatic carbocycles. The van der Waals surface area contributed by atoms with Crippen LogP contribution in [0.5, 0.6) is 0 Å². The van der Waals surface area contributed by atoms with E-state index in [-0.39, 0.29) is 0 Å². The summed E-state index contributed by atoms with van der Waals surface area (Å²) < 4.78 is 21.1. The second-order valence-electron chi connectivity index (χ2n) is 3.53. The van der Waals surface area contributed by atoms with Crippen molar-refractivity contribution in [1.29, 1.82) is 0 Å². The van der Waals surface area contributed by atoms with Crippen LogP contribution in [-0.2, 0) is 18.7 Å². The fraction of sp³-hybridized carbons (Fsp3) is 0.429. The van der Waals surface area contributed by atoms with Gasteiger partial charge in [0.15, 0.2) is 0 Å². The predicted octanol–water partition coefficient (Wildman–Crippen LogP) is -1.19. The van der Waals surface area contributed by atoms with Gasteiger partial charge in [0, 0.05) is 5.82 Å². The van der Waals surface area contributed by atoms with E-state index in [1.54, 1.807) is 0 Å². The molecule has 0 aliphatic rings. The first kappa shape index (κ1) is 18.0. The number of carboxylic acids is 1. The van der Waals surface area contributed by atoms with Gasteiger partial charge in [0.2, 0.25) is 5.91 Å². The van der Waals surface area contributed by atoms with Crippen LogP contribution in [0.4, 0.5) is 0 Å². The highest BCUT2D eigenvalue weighted by Gasteiger charge is 2.22. The topological polar surface area (TPSA) is 181 Å². The van der Waals surface area contributed by atoms with Crippen molar-refractivity contribution < 1.29 is 43.4 Å². The monoisotopic (exact) mass is 317 g/mol. The summed E-state index contributed by atoms with van der Waals surface area (Å²) in [5.41, 5.74) is 0. The summed E-state index contributed by atoms with van der Waals surface area (Å²) in [4.78, 5) is 55.8. The maximum Gasteiger partial charge on any atom is 0.348 e. The molecule has 6 N–H and O–H groups in total. The molecule has 1 amide bonds. The SMILES string of the molecule is O=C(O)C[C@@H](/C=C/P(=O)(O)O)NC(=O)CP(=O)(O)O. The molecule has 0 fully saturated rings. The fourth-order valence-electron chi connectivity index (χ4n) is 1.01. The molecule has 19 heavy (non-hydrogen) atoms. The van der Waals surface area contributed by atoms with Crippen LogP contribution in [0.3, 0.4) is 0 Å². The lowest BCUT2D eigenvalue weighted by Crippen LogP contribution is -2.36. The average Bonchev–Trinajstić information content (AvgIpc) is 2.08. The third kappa shape index (κ3) is 11.8. The Bertz CT molecular complexity index is 461. The second kappa shape index (κ2) is 6.95. The van der Waals surface area contributed by atoms with Crippen LogP contribution in [0.25, 0.3) is 0 Å². The van der Waals surface area contributed by atoms with Crippen LogP contribution in [0.2, 0.25) is 0 Å². The van der Waals surface area contributed by atoms with Crippen molar-refractivity contribution in [2.75, 3.05) is 6.16 Å². The van der Waals surface area contributed by atoms with Gasteiger partial charge < -0.3 is 30.0 Å². The molecule has 0 spiro atoms. The summed E-state index contributed by atoms with van der Waals surface area (Å²) >= 11 is 0. The normalized spacial score (nSPS) is 14.3. The Morgan fingerprint density at radius 1 is 1.16 bits per heavy atom. The number of amides is 1. The minimum atomic E-state index is -4.60. The quantitative estimate of drug-likeness (QED) is 0.315. The van der Waals surface area contributed by atoms with Gasteiger partial charge in [-0.2, -0.15) is 0 Å². The molecule has 12 heteroatoms. The van der Waals surface area contributed by atoms with Crippen molar-refractivity contribution in [3.8, 4) is 0 Å². The molecule has 1 atom stereocenters. The number of hydrogen-bond donors (Lipinski definition) is 6. The van der Waals surface area contributed by atoms with Crippen molar-refractivity contribution in [3.05, 3.63) is 11.9 Å². The van der Waals surface area contributed by atoms with Crippen LogP contribution in [0.15, 0.2) is 11.9 Å². The van der Waals surface area contributed by atoms with Gasteiger partial charge in [-0.15, -0.1) is 0 Å². The molecule has 0 rings (SSSR count). The molecule has 0 unspecified atom stereocenters. The first-order chi connectivity index (χ1) is 8.39. The summed E-state index contributed by atoms with van der Waals surface area (Å²) in [5.74, 6) is -2.09. The number of carboxylic acid groups (broad SMARTS) is 1. The molecule has 0 aromatic heterocycles. The fourth-order valence-corrected chi connectivity index (χ4v) is 1.91. The zero-order valence-electron chi connectivity index (χ0n) is 9.41. The highest BCUT2D eigenvalue weighted by Crippen LogP contribution is 2.36. The summed E-state index contributed by atoms with van der Waals surface area (Å²) in [5, 5.41) is 10.5. The van der Waals surface area contributed by atoms with Crippen LogP contribution in [0, 0.1) is 0 Å². The predicted molar refractivity (Wildman–Crippen MR) is 62.3 cm³/mol. The Kier molecular flexibility index (Phi) is 6.58. The lowest BCUT2D eigenvalue weighted by atomic mass is 10.2. The Labute approximate surface area is 107 Å². The molecule has 0 saturated carbocycles. The number of nitrogens with one attached hydrogen (secondary N) is 1. The van der Waals surface area contributed by atoms with Crippen LogP contribution in [0.1, 0.15) is 6.42 Å². The van der Waals surface area contributed by atoms with Gasteiger partial charge in [0.05, 0.1) is 12.5 Å².